The molecule has 0 saturated carbocycles. The van der Waals surface area contributed by atoms with Crippen molar-refractivity contribution in [3.8, 4) is 0 Å². The molecule has 0 amide bonds. The first kappa shape index (κ1) is 13.1. The minimum Gasteiger partial charge on any atom is -0.313 e. The van der Waals surface area contributed by atoms with Gasteiger partial charge in [0.05, 0.1) is 6.20 Å². The molecule has 1 aromatic rings. The Bertz CT molecular complexity index is 315. The van der Waals surface area contributed by atoms with Crippen LogP contribution in [0.3, 0.4) is 0 Å². The fourth-order valence-electron chi connectivity index (χ4n) is 2.05. The Morgan fingerprint density at radius 2 is 2.19 bits per heavy atom. The molecule has 16 heavy (non-hydrogen) atoms. The van der Waals surface area contributed by atoms with Crippen molar-refractivity contribution in [2.24, 2.45) is 5.92 Å². The number of aromatic nitrogens is 1. The highest BCUT2D eigenvalue weighted by atomic mass is 19.1. The molecule has 3 heteroatoms. The van der Waals surface area contributed by atoms with Crippen molar-refractivity contribution in [2.75, 3.05) is 7.05 Å². The van der Waals surface area contributed by atoms with Crippen LogP contribution in [0.2, 0.25) is 0 Å². The van der Waals surface area contributed by atoms with Crippen molar-refractivity contribution in [1.82, 2.24) is 10.3 Å². The molecular formula is C13H21FN2. The zero-order valence-corrected chi connectivity index (χ0v) is 10.3. The Balaban J connectivity index is 2.67. The van der Waals surface area contributed by atoms with Crippen LogP contribution >= 0.6 is 0 Å². The smallest absolute Gasteiger partial charge is 0.141 e. The van der Waals surface area contributed by atoms with Gasteiger partial charge >= 0.3 is 0 Å². The molecule has 0 bridgehead atoms. The standard InChI is InChI=1S/C13H21FN2/c1-4-5-10(2)6-13(15-3)11-7-12(14)9-16-8-11/h7-10,13,15H,4-6H2,1-3H3. The van der Waals surface area contributed by atoms with Gasteiger partial charge in [-0.05, 0) is 31.0 Å². The summed E-state index contributed by atoms with van der Waals surface area (Å²) in [5, 5.41) is 3.23. The third-order valence-electron chi connectivity index (χ3n) is 2.90. The minimum atomic E-state index is -0.263. The predicted octanol–water partition coefficient (Wildman–Crippen LogP) is 3.31. The Morgan fingerprint density at radius 1 is 1.44 bits per heavy atom. The summed E-state index contributed by atoms with van der Waals surface area (Å²) in [4.78, 5) is 3.89. The molecule has 2 atom stereocenters. The van der Waals surface area contributed by atoms with Gasteiger partial charge in [0.1, 0.15) is 5.82 Å². The average Bonchev–Trinajstić information content (AvgIpc) is 2.26. The SMILES string of the molecule is CCCC(C)CC(NC)c1cncc(F)c1. The highest BCUT2D eigenvalue weighted by Gasteiger charge is 2.13. The molecule has 0 radical (unpaired) electrons. The molecule has 1 rings (SSSR count). The first-order chi connectivity index (χ1) is 7.67. The quantitative estimate of drug-likeness (QED) is 0.802. The van der Waals surface area contributed by atoms with Gasteiger partial charge in [0.2, 0.25) is 0 Å². The summed E-state index contributed by atoms with van der Waals surface area (Å²) in [6, 6.07) is 1.76. The molecule has 0 aromatic carbocycles. The molecule has 2 nitrogen and oxygen atoms in total. The maximum atomic E-state index is 13.1. The number of pyridine rings is 1. The van der Waals surface area contributed by atoms with Crippen LogP contribution in [0.1, 0.15) is 44.7 Å². The minimum absolute atomic E-state index is 0.199. The fraction of sp³-hybridized carbons (Fsp3) is 0.615. The summed E-state index contributed by atoms with van der Waals surface area (Å²) in [6.45, 7) is 4.43. The molecule has 0 aliphatic rings. The zero-order valence-electron chi connectivity index (χ0n) is 10.3. The van der Waals surface area contributed by atoms with E-state index < -0.39 is 0 Å². The molecule has 0 aliphatic heterocycles. The van der Waals surface area contributed by atoms with Crippen molar-refractivity contribution in [1.29, 1.82) is 0 Å². The molecular weight excluding hydrogens is 203 g/mol. The maximum Gasteiger partial charge on any atom is 0.141 e. The number of rotatable bonds is 6. The van der Waals surface area contributed by atoms with Crippen LogP contribution in [-0.4, -0.2) is 12.0 Å². The van der Waals surface area contributed by atoms with Crippen molar-refractivity contribution in [3.63, 3.8) is 0 Å². The second-order valence-corrected chi connectivity index (χ2v) is 4.41. The molecule has 1 aromatic heterocycles. The summed E-state index contributed by atoms with van der Waals surface area (Å²) in [5.41, 5.74) is 0.936. The second-order valence-electron chi connectivity index (χ2n) is 4.41. The summed E-state index contributed by atoms with van der Waals surface area (Å²) < 4.78 is 13.1. The van der Waals surface area contributed by atoms with E-state index in [0.29, 0.717) is 5.92 Å². The highest BCUT2D eigenvalue weighted by molar-refractivity contribution is 5.15. The Morgan fingerprint density at radius 3 is 2.75 bits per heavy atom. The van der Waals surface area contributed by atoms with Crippen molar-refractivity contribution in [2.45, 2.75) is 39.2 Å². The van der Waals surface area contributed by atoms with E-state index >= 15 is 0 Å². The summed E-state index contributed by atoms with van der Waals surface area (Å²) in [7, 11) is 1.91. The van der Waals surface area contributed by atoms with E-state index in [9.17, 15) is 4.39 Å². The van der Waals surface area contributed by atoms with Crippen LogP contribution in [0.25, 0.3) is 0 Å². The second kappa shape index (κ2) is 6.59. The lowest BCUT2D eigenvalue weighted by molar-refractivity contribution is 0.405. The van der Waals surface area contributed by atoms with E-state index in [4.69, 9.17) is 0 Å². The third-order valence-corrected chi connectivity index (χ3v) is 2.90. The number of nitrogens with zero attached hydrogens (tertiary/aromatic N) is 1. The number of hydrogen-bond acceptors (Lipinski definition) is 2. The van der Waals surface area contributed by atoms with Gasteiger partial charge in [-0.3, -0.25) is 4.98 Å². The number of nitrogens with one attached hydrogen (secondary N) is 1. The normalized spacial score (nSPS) is 14.8. The van der Waals surface area contributed by atoms with E-state index in [2.05, 4.69) is 24.1 Å². The van der Waals surface area contributed by atoms with E-state index in [0.717, 1.165) is 12.0 Å². The van der Waals surface area contributed by atoms with Crippen LogP contribution in [0, 0.1) is 11.7 Å². The van der Waals surface area contributed by atoms with Crippen LogP contribution < -0.4 is 5.32 Å². The van der Waals surface area contributed by atoms with Gasteiger partial charge < -0.3 is 5.32 Å². The Kier molecular flexibility index (Phi) is 5.39. The molecule has 0 aliphatic carbocycles. The number of hydrogen-bond donors (Lipinski definition) is 1. The van der Waals surface area contributed by atoms with E-state index in [1.807, 2.05) is 7.05 Å². The van der Waals surface area contributed by atoms with Gasteiger partial charge in [-0.15, -0.1) is 0 Å². The summed E-state index contributed by atoms with van der Waals surface area (Å²) in [6.07, 6.45) is 6.41. The molecule has 0 saturated heterocycles. The molecule has 0 spiro atoms. The van der Waals surface area contributed by atoms with E-state index in [-0.39, 0.29) is 11.9 Å². The van der Waals surface area contributed by atoms with Gasteiger partial charge in [0.15, 0.2) is 0 Å². The zero-order chi connectivity index (χ0) is 12.0. The van der Waals surface area contributed by atoms with Crippen LogP contribution in [0.15, 0.2) is 18.5 Å². The predicted molar refractivity (Wildman–Crippen MR) is 64.7 cm³/mol. The molecule has 1 heterocycles. The Labute approximate surface area is 97.3 Å². The monoisotopic (exact) mass is 224 g/mol. The molecule has 1 N–H and O–H groups in total. The van der Waals surface area contributed by atoms with Crippen LogP contribution in [0.5, 0.6) is 0 Å². The maximum absolute atomic E-state index is 13.1. The lowest BCUT2D eigenvalue weighted by Crippen LogP contribution is -2.19. The van der Waals surface area contributed by atoms with Gasteiger partial charge in [-0.25, -0.2) is 4.39 Å². The topological polar surface area (TPSA) is 24.9 Å². The lowest BCUT2D eigenvalue weighted by atomic mass is 9.94. The van der Waals surface area contributed by atoms with Gasteiger partial charge in [-0.2, -0.15) is 0 Å². The number of halogens is 1. The summed E-state index contributed by atoms with van der Waals surface area (Å²) >= 11 is 0. The van der Waals surface area contributed by atoms with Crippen molar-refractivity contribution >= 4 is 0 Å². The largest absolute Gasteiger partial charge is 0.313 e. The Hall–Kier alpha value is -0.960. The van der Waals surface area contributed by atoms with E-state index in [1.54, 1.807) is 12.3 Å². The first-order valence-electron chi connectivity index (χ1n) is 5.95. The summed E-state index contributed by atoms with van der Waals surface area (Å²) in [5.74, 6) is 0.381. The first-order valence-corrected chi connectivity index (χ1v) is 5.95. The molecule has 2 unspecified atom stereocenters. The lowest BCUT2D eigenvalue weighted by Gasteiger charge is -2.20. The molecule has 0 fully saturated rings. The van der Waals surface area contributed by atoms with Gasteiger partial charge in [0, 0.05) is 12.2 Å². The third kappa shape index (κ3) is 3.89. The fourth-order valence-corrected chi connectivity index (χ4v) is 2.05. The highest BCUT2D eigenvalue weighted by Crippen LogP contribution is 2.23. The van der Waals surface area contributed by atoms with Gasteiger partial charge in [-0.1, -0.05) is 26.7 Å². The van der Waals surface area contributed by atoms with Crippen LogP contribution in [-0.2, 0) is 0 Å². The van der Waals surface area contributed by atoms with Crippen molar-refractivity contribution in [3.05, 3.63) is 29.8 Å². The van der Waals surface area contributed by atoms with Gasteiger partial charge in [0.25, 0.3) is 0 Å². The molecule has 90 valence electrons. The average molecular weight is 224 g/mol. The van der Waals surface area contributed by atoms with Crippen LogP contribution in [0.4, 0.5) is 4.39 Å². The van der Waals surface area contributed by atoms with E-state index in [1.165, 1.54) is 19.0 Å². The van der Waals surface area contributed by atoms with Crippen molar-refractivity contribution < 1.29 is 4.39 Å².